The molecule has 1 amide bonds. The highest BCUT2D eigenvalue weighted by Crippen LogP contribution is 2.44. The van der Waals surface area contributed by atoms with Crippen molar-refractivity contribution in [1.82, 2.24) is 4.98 Å². The molecule has 0 saturated carbocycles. The zero-order valence-electron chi connectivity index (χ0n) is 14.9. The number of hydrogen-bond acceptors (Lipinski definition) is 5. The summed E-state index contributed by atoms with van der Waals surface area (Å²) in [4.78, 5) is 29.0. The van der Waals surface area contributed by atoms with Gasteiger partial charge < -0.3 is 14.8 Å². The second-order valence-corrected chi connectivity index (χ2v) is 7.09. The molecule has 3 aromatic rings. The molecular formula is C21H14Cl2N2O4. The van der Waals surface area contributed by atoms with Crippen molar-refractivity contribution in [1.29, 1.82) is 0 Å². The number of hydrogen-bond donors (Lipinski definition) is 1. The molecular weight excluding hydrogens is 415 g/mol. The van der Waals surface area contributed by atoms with Crippen LogP contribution < -0.4 is 10.1 Å². The summed E-state index contributed by atoms with van der Waals surface area (Å²) in [6.45, 7) is -0.485. The van der Waals surface area contributed by atoms with Crippen LogP contribution in [-0.2, 0) is 14.3 Å². The molecule has 0 radical (unpaired) electrons. The van der Waals surface area contributed by atoms with Crippen LogP contribution >= 0.6 is 23.2 Å². The summed E-state index contributed by atoms with van der Waals surface area (Å²) in [6.07, 6.45) is 1.35. The third kappa shape index (κ3) is 4.04. The predicted molar refractivity (Wildman–Crippen MR) is 109 cm³/mol. The van der Waals surface area contributed by atoms with Crippen LogP contribution in [0.3, 0.4) is 0 Å². The number of nitrogens with one attached hydrogen (secondary N) is 1. The van der Waals surface area contributed by atoms with E-state index in [1.807, 2.05) is 24.3 Å². The van der Waals surface area contributed by atoms with Crippen molar-refractivity contribution in [2.45, 2.75) is 5.92 Å². The quantitative estimate of drug-likeness (QED) is 0.603. The van der Waals surface area contributed by atoms with Gasteiger partial charge in [0.05, 0.1) is 10.0 Å². The van der Waals surface area contributed by atoms with E-state index in [1.165, 1.54) is 12.3 Å². The van der Waals surface area contributed by atoms with Crippen LogP contribution in [0.25, 0.3) is 0 Å². The maximum Gasteiger partial charge on any atom is 0.318 e. The maximum atomic E-state index is 12.9. The molecule has 8 heteroatoms. The summed E-state index contributed by atoms with van der Waals surface area (Å²) < 4.78 is 11.2. The Labute approximate surface area is 176 Å². The molecule has 4 rings (SSSR count). The molecule has 2 aromatic carbocycles. The Morgan fingerprint density at radius 1 is 1.03 bits per heavy atom. The van der Waals surface area contributed by atoms with Gasteiger partial charge in [0.1, 0.15) is 17.4 Å². The van der Waals surface area contributed by atoms with Crippen LogP contribution in [0.2, 0.25) is 10.0 Å². The summed E-state index contributed by atoms with van der Waals surface area (Å²) in [5.74, 6) is -0.522. The minimum Gasteiger partial charge on any atom is -0.457 e. The number of carbonyl (C=O) groups excluding carboxylic acids is 2. The lowest BCUT2D eigenvalue weighted by Crippen LogP contribution is -2.26. The molecule has 0 spiro atoms. The number of benzene rings is 2. The number of aromatic nitrogens is 1. The van der Waals surface area contributed by atoms with E-state index in [9.17, 15) is 9.59 Å². The Balaban J connectivity index is 1.49. The lowest BCUT2D eigenvalue weighted by atomic mass is 9.88. The molecule has 1 aromatic heterocycles. The molecule has 1 aliphatic rings. The van der Waals surface area contributed by atoms with Crippen LogP contribution in [-0.4, -0.2) is 23.5 Å². The number of anilines is 1. The highest BCUT2D eigenvalue weighted by atomic mass is 35.5. The third-order valence-electron chi connectivity index (χ3n) is 4.33. The van der Waals surface area contributed by atoms with Crippen molar-refractivity contribution in [3.63, 3.8) is 0 Å². The Kier molecular flexibility index (Phi) is 5.38. The Morgan fingerprint density at radius 2 is 1.66 bits per heavy atom. The van der Waals surface area contributed by atoms with Gasteiger partial charge in [0.2, 0.25) is 0 Å². The van der Waals surface area contributed by atoms with E-state index < -0.39 is 24.4 Å². The Morgan fingerprint density at radius 3 is 2.28 bits per heavy atom. The number of amides is 1. The second kappa shape index (κ2) is 8.11. The first-order valence-electron chi connectivity index (χ1n) is 8.66. The Hall–Kier alpha value is -3.09. The minimum atomic E-state index is -0.693. The Bertz CT molecular complexity index is 1060. The van der Waals surface area contributed by atoms with E-state index in [0.29, 0.717) is 27.6 Å². The standard InChI is InChI=1S/C21H14Cl2N2O4/c22-12-9-15(23)20(24-10-12)25-18(26)11-28-21(27)19-13-5-1-3-7-16(13)29-17-8-4-2-6-14(17)19/h1-10,19H,11H2,(H,24,25,26). The molecule has 0 fully saturated rings. The van der Waals surface area contributed by atoms with Crippen molar-refractivity contribution < 1.29 is 19.1 Å². The monoisotopic (exact) mass is 428 g/mol. The van der Waals surface area contributed by atoms with Crippen LogP contribution in [0.5, 0.6) is 11.5 Å². The van der Waals surface area contributed by atoms with Crippen molar-refractivity contribution >= 4 is 40.9 Å². The fourth-order valence-corrected chi connectivity index (χ4v) is 3.49. The van der Waals surface area contributed by atoms with Gasteiger partial charge in [-0.25, -0.2) is 4.98 Å². The second-order valence-electron chi connectivity index (χ2n) is 6.25. The number of nitrogens with zero attached hydrogens (tertiary/aromatic N) is 1. The molecule has 1 N–H and O–H groups in total. The first-order chi connectivity index (χ1) is 14.0. The zero-order valence-corrected chi connectivity index (χ0v) is 16.4. The zero-order chi connectivity index (χ0) is 20.4. The molecule has 1 aliphatic heterocycles. The van der Waals surface area contributed by atoms with Crippen molar-refractivity contribution in [2.75, 3.05) is 11.9 Å². The highest BCUT2D eigenvalue weighted by Gasteiger charge is 2.33. The van der Waals surface area contributed by atoms with Gasteiger partial charge in [-0.3, -0.25) is 9.59 Å². The predicted octanol–water partition coefficient (Wildman–Crippen LogP) is 4.81. The summed E-state index contributed by atoms with van der Waals surface area (Å²) >= 11 is 11.8. The van der Waals surface area contributed by atoms with Gasteiger partial charge in [0.25, 0.3) is 5.91 Å². The van der Waals surface area contributed by atoms with E-state index in [4.69, 9.17) is 32.7 Å². The van der Waals surface area contributed by atoms with Gasteiger partial charge in [0, 0.05) is 17.3 Å². The maximum absolute atomic E-state index is 12.9. The fraction of sp³-hybridized carbons (Fsp3) is 0.0952. The van der Waals surface area contributed by atoms with Crippen LogP contribution in [0.1, 0.15) is 17.0 Å². The molecule has 6 nitrogen and oxygen atoms in total. The molecule has 0 bridgehead atoms. The molecule has 0 unspecified atom stereocenters. The fourth-order valence-electron chi connectivity index (χ4n) is 3.06. The highest BCUT2D eigenvalue weighted by molar-refractivity contribution is 6.36. The molecule has 2 heterocycles. The largest absolute Gasteiger partial charge is 0.457 e. The summed E-state index contributed by atoms with van der Waals surface area (Å²) in [6, 6.07) is 15.9. The van der Waals surface area contributed by atoms with E-state index in [2.05, 4.69) is 10.3 Å². The number of ether oxygens (including phenoxy) is 2. The average Bonchev–Trinajstić information content (AvgIpc) is 2.72. The number of esters is 1. The van der Waals surface area contributed by atoms with Crippen LogP contribution in [0, 0.1) is 0 Å². The van der Waals surface area contributed by atoms with Gasteiger partial charge in [-0.05, 0) is 18.2 Å². The summed E-state index contributed by atoms with van der Waals surface area (Å²) in [5, 5.41) is 3.02. The van der Waals surface area contributed by atoms with Crippen molar-refractivity contribution in [3.8, 4) is 11.5 Å². The average molecular weight is 429 g/mol. The number of fused-ring (bicyclic) bond motifs is 2. The molecule has 0 saturated heterocycles. The van der Waals surface area contributed by atoms with Gasteiger partial charge in [-0.15, -0.1) is 0 Å². The number of carbonyl (C=O) groups is 2. The molecule has 0 atom stereocenters. The van der Waals surface area contributed by atoms with E-state index in [1.54, 1.807) is 24.3 Å². The topological polar surface area (TPSA) is 77.5 Å². The minimum absolute atomic E-state index is 0.138. The van der Waals surface area contributed by atoms with Gasteiger partial charge >= 0.3 is 5.97 Å². The smallest absolute Gasteiger partial charge is 0.318 e. The van der Waals surface area contributed by atoms with Gasteiger partial charge in [-0.2, -0.15) is 0 Å². The van der Waals surface area contributed by atoms with Gasteiger partial charge in [-0.1, -0.05) is 59.6 Å². The van der Waals surface area contributed by atoms with Crippen molar-refractivity contribution in [2.24, 2.45) is 0 Å². The third-order valence-corrected chi connectivity index (χ3v) is 4.82. The number of halogens is 2. The normalized spacial score (nSPS) is 12.3. The van der Waals surface area contributed by atoms with Crippen LogP contribution in [0.4, 0.5) is 5.82 Å². The SMILES string of the molecule is O=C(COC(=O)C1c2ccccc2Oc2ccccc21)Nc1ncc(Cl)cc1Cl. The number of rotatable bonds is 4. The van der Waals surface area contributed by atoms with E-state index >= 15 is 0 Å². The lowest BCUT2D eigenvalue weighted by Gasteiger charge is -2.26. The summed E-state index contributed by atoms with van der Waals surface area (Å²) in [5.41, 5.74) is 1.36. The first-order valence-corrected chi connectivity index (χ1v) is 9.42. The molecule has 0 aliphatic carbocycles. The lowest BCUT2D eigenvalue weighted by molar-refractivity contribution is -0.148. The van der Waals surface area contributed by atoms with E-state index in [0.717, 1.165) is 0 Å². The van der Waals surface area contributed by atoms with E-state index in [-0.39, 0.29) is 10.8 Å². The number of para-hydroxylation sites is 2. The van der Waals surface area contributed by atoms with Crippen molar-refractivity contribution in [3.05, 3.63) is 82.0 Å². The molecule has 29 heavy (non-hydrogen) atoms. The first kappa shape index (κ1) is 19.2. The number of pyridine rings is 1. The summed E-state index contributed by atoms with van der Waals surface area (Å²) in [7, 11) is 0. The van der Waals surface area contributed by atoms with Crippen LogP contribution in [0.15, 0.2) is 60.8 Å². The van der Waals surface area contributed by atoms with Gasteiger partial charge in [0.15, 0.2) is 12.4 Å². The molecule has 146 valence electrons.